The number of hydrogen-bond acceptors (Lipinski definition) is 4. The van der Waals surface area contributed by atoms with E-state index in [0.29, 0.717) is 18.1 Å². The van der Waals surface area contributed by atoms with Gasteiger partial charge in [-0.05, 0) is 34.5 Å². The summed E-state index contributed by atoms with van der Waals surface area (Å²) in [6, 6.07) is 5.00. The summed E-state index contributed by atoms with van der Waals surface area (Å²) in [4.78, 5) is 4.23. The minimum atomic E-state index is -0.327. The first-order chi connectivity index (χ1) is 8.31. The quantitative estimate of drug-likeness (QED) is 0.774. The molecular formula is C11H9FN4S. The van der Waals surface area contributed by atoms with Crippen molar-refractivity contribution in [2.24, 2.45) is 0 Å². The van der Waals surface area contributed by atoms with Gasteiger partial charge in [0.2, 0.25) is 5.95 Å². The van der Waals surface area contributed by atoms with Gasteiger partial charge in [-0.25, -0.2) is 8.91 Å². The van der Waals surface area contributed by atoms with Crippen LogP contribution in [0.4, 0.5) is 10.3 Å². The second-order valence-electron chi connectivity index (χ2n) is 3.57. The van der Waals surface area contributed by atoms with Crippen LogP contribution in [0.3, 0.4) is 0 Å². The number of thiophene rings is 1. The van der Waals surface area contributed by atoms with Crippen LogP contribution in [0.2, 0.25) is 0 Å². The van der Waals surface area contributed by atoms with Gasteiger partial charge in [0.25, 0.3) is 0 Å². The molecule has 0 aliphatic heterocycles. The minimum absolute atomic E-state index is 0.327. The van der Waals surface area contributed by atoms with Gasteiger partial charge in [0, 0.05) is 6.54 Å². The second-order valence-corrected chi connectivity index (χ2v) is 4.35. The van der Waals surface area contributed by atoms with Crippen molar-refractivity contribution in [2.75, 3.05) is 5.32 Å². The Morgan fingerprint density at radius 2 is 2.29 bits per heavy atom. The fraction of sp³-hybridized carbons (Fsp3) is 0.0909. The Hall–Kier alpha value is -1.95. The van der Waals surface area contributed by atoms with Crippen LogP contribution in [0.15, 0.2) is 35.2 Å². The number of nitrogens with zero attached hydrogens (tertiary/aromatic N) is 3. The van der Waals surface area contributed by atoms with Crippen molar-refractivity contribution in [1.82, 2.24) is 14.6 Å². The molecule has 3 aromatic heterocycles. The molecule has 4 nitrogen and oxygen atoms in total. The van der Waals surface area contributed by atoms with Gasteiger partial charge < -0.3 is 5.32 Å². The number of halogens is 1. The average Bonchev–Trinajstić information content (AvgIpc) is 2.94. The van der Waals surface area contributed by atoms with Gasteiger partial charge in [-0.2, -0.15) is 16.3 Å². The standard InChI is InChI=1S/C11H9FN4S/c12-9-1-2-10-14-11(15-16(10)6-9)13-5-8-3-4-17-7-8/h1-4,6-7H,5H2,(H,13,15). The fourth-order valence-corrected chi connectivity index (χ4v) is 2.18. The van der Waals surface area contributed by atoms with Gasteiger partial charge in [-0.3, -0.25) is 0 Å². The molecule has 86 valence electrons. The highest BCUT2D eigenvalue weighted by Gasteiger charge is 2.03. The topological polar surface area (TPSA) is 42.2 Å². The van der Waals surface area contributed by atoms with Gasteiger partial charge in [0.05, 0.1) is 6.20 Å². The summed E-state index contributed by atoms with van der Waals surface area (Å²) in [5, 5.41) is 11.3. The Morgan fingerprint density at radius 3 is 3.12 bits per heavy atom. The van der Waals surface area contributed by atoms with Gasteiger partial charge in [-0.15, -0.1) is 5.10 Å². The summed E-state index contributed by atoms with van der Waals surface area (Å²) in [5.74, 6) is 0.175. The normalized spacial score (nSPS) is 10.9. The lowest BCUT2D eigenvalue weighted by Crippen LogP contribution is -1.99. The maximum absolute atomic E-state index is 12.9. The van der Waals surface area contributed by atoms with Crippen LogP contribution >= 0.6 is 11.3 Å². The molecule has 1 N–H and O–H groups in total. The van der Waals surface area contributed by atoms with Gasteiger partial charge >= 0.3 is 0 Å². The molecule has 0 aliphatic rings. The molecule has 3 heterocycles. The third kappa shape index (κ3) is 2.12. The highest BCUT2D eigenvalue weighted by molar-refractivity contribution is 7.07. The van der Waals surface area contributed by atoms with Crippen LogP contribution in [0, 0.1) is 5.82 Å². The number of pyridine rings is 1. The summed E-state index contributed by atoms with van der Waals surface area (Å²) in [6.45, 7) is 0.670. The monoisotopic (exact) mass is 248 g/mol. The first-order valence-electron chi connectivity index (χ1n) is 5.08. The van der Waals surface area contributed by atoms with Crippen molar-refractivity contribution in [3.8, 4) is 0 Å². The van der Waals surface area contributed by atoms with Crippen LogP contribution in [-0.2, 0) is 6.54 Å². The van der Waals surface area contributed by atoms with E-state index in [-0.39, 0.29) is 5.82 Å². The van der Waals surface area contributed by atoms with E-state index in [4.69, 9.17) is 0 Å². The molecule has 0 fully saturated rings. The zero-order valence-electron chi connectivity index (χ0n) is 8.80. The first kappa shape index (κ1) is 10.2. The van der Waals surface area contributed by atoms with Crippen LogP contribution in [-0.4, -0.2) is 14.6 Å². The summed E-state index contributed by atoms with van der Waals surface area (Å²) >= 11 is 1.65. The van der Waals surface area contributed by atoms with E-state index in [1.165, 1.54) is 22.3 Å². The Labute approximate surface area is 101 Å². The van der Waals surface area contributed by atoms with E-state index in [2.05, 4.69) is 20.8 Å². The maximum Gasteiger partial charge on any atom is 0.243 e. The Kier molecular flexibility index (Phi) is 2.49. The molecule has 0 aliphatic carbocycles. The number of aromatic nitrogens is 3. The van der Waals surface area contributed by atoms with Crippen LogP contribution in [0.25, 0.3) is 5.65 Å². The van der Waals surface area contributed by atoms with Crippen molar-refractivity contribution in [3.63, 3.8) is 0 Å². The molecule has 0 amide bonds. The van der Waals surface area contributed by atoms with Crippen molar-refractivity contribution in [2.45, 2.75) is 6.54 Å². The molecule has 0 unspecified atom stereocenters. The maximum atomic E-state index is 12.9. The second kappa shape index (κ2) is 4.14. The number of nitrogens with one attached hydrogen (secondary N) is 1. The molecule has 0 atom stereocenters. The van der Waals surface area contributed by atoms with E-state index in [1.54, 1.807) is 17.4 Å². The SMILES string of the molecule is Fc1ccc2nc(NCc3ccsc3)nn2c1. The van der Waals surface area contributed by atoms with Gasteiger partial charge in [0.1, 0.15) is 5.82 Å². The summed E-state index contributed by atoms with van der Waals surface area (Å²) in [6.07, 6.45) is 1.30. The van der Waals surface area contributed by atoms with Crippen LogP contribution in [0.1, 0.15) is 5.56 Å². The molecule has 0 saturated carbocycles. The van der Waals surface area contributed by atoms with Crippen LogP contribution in [0.5, 0.6) is 0 Å². The molecular weight excluding hydrogens is 239 g/mol. The molecule has 3 aromatic rings. The lowest BCUT2D eigenvalue weighted by atomic mass is 10.3. The molecule has 0 bridgehead atoms. The third-order valence-corrected chi connectivity index (χ3v) is 3.06. The van der Waals surface area contributed by atoms with E-state index < -0.39 is 0 Å². The molecule has 0 radical (unpaired) electrons. The summed E-state index contributed by atoms with van der Waals surface area (Å²) in [5.41, 5.74) is 1.80. The predicted octanol–water partition coefficient (Wildman–Crippen LogP) is 2.54. The van der Waals surface area contributed by atoms with Crippen molar-refractivity contribution in [1.29, 1.82) is 0 Å². The number of hydrogen-bond donors (Lipinski definition) is 1. The highest BCUT2D eigenvalue weighted by Crippen LogP contribution is 2.10. The largest absolute Gasteiger partial charge is 0.349 e. The van der Waals surface area contributed by atoms with Crippen molar-refractivity contribution in [3.05, 3.63) is 46.5 Å². The lowest BCUT2D eigenvalue weighted by Gasteiger charge is -1.97. The minimum Gasteiger partial charge on any atom is -0.349 e. The van der Waals surface area contributed by atoms with Crippen molar-refractivity contribution >= 4 is 22.9 Å². The fourth-order valence-electron chi connectivity index (χ4n) is 1.51. The van der Waals surface area contributed by atoms with Crippen molar-refractivity contribution < 1.29 is 4.39 Å². The van der Waals surface area contributed by atoms with E-state index in [0.717, 1.165) is 0 Å². The van der Waals surface area contributed by atoms with Gasteiger partial charge in [-0.1, -0.05) is 0 Å². The zero-order chi connectivity index (χ0) is 11.7. The Morgan fingerprint density at radius 1 is 1.35 bits per heavy atom. The molecule has 0 spiro atoms. The smallest absolute Gasteiger partial charge is 0.243 e. The molecule has 0 saturated heterocycles. The Bertz CT molecular complexity index is 632. The van der Waals surface area contributed by atoms with E-state index >= 15 is 0 Å². The lowest BCUT2D eigenvalue weighted by molar-refractivity contribution is 0.615. The number of rotatable bonds is 3. The zero-order valence-corrected chi connectivity index (χ0v) is 9.62. The molecule has 17 heavy (non-hydrogen) atoms. The first-order valence-corrected chi connectivity index (χ1v) is 6.02. The molecule has 0 aromatic carbocycles. The summed E-state index contributed by atoms with van der Waals surface area (Å²) < 4.78 is 14.4. The number of anilines is 1. The molecule has 6 heteroatoms. The number of fused-ring (bicyclic) bond motifs is 1. The molecule has 3 rings (SSSR count). The van der Waals surface area contributed by atoms with Crippen LogP contribution < -0.4 is 5.32 Å². The summed E-state index contributed by atoms with van der Waals surface area (Å²) in [7, 11) is 0. The third-order valence-electron chi connectivity index (χ3n) is 2.33. The Balaban J connectivity index is 1.81. The van der Waals surface area contributed by atoms with Gasteiger partial charge in [0.15, 0.2) is 5.65 Å². The average molecular weight is 248 g/mol. The predicted molar refractivity (Wildman–Crippen MR) is 64.6 cm³/mol. The van der Waals surface area contributed by atoms with E-state index in [9.17, 15) is 4.39 Å². The van der Waals surface area contributed by atoms with E-state index in [1.807, 2.05) is 11.4 Å². The highest BCUT2D eigenvalue weighted by atomic mass is 32.1.